The topological polar surface area (TPSA) is 65.2 Å². The minimum absolute atomic E-state index is 0.240. The second-order valence-electron chi connectivity index (χ2n) is 2.59. The van der Waals surface area contributed by atoms with E-state index in [-0.39, 0.29) is 17.3 Å². The number of alkyl halides is 2. The van der Waals surface area contributed by atoms with Crippen molar-refractivity contribution in [3.8, 4) is 5.88 Å². The number of methoxy groups -OCH3 is 1. The lowest BCUT2D eigenvalue weighted by atomic mass is 10.2. The third-order valence-electron chi connectivity index (χ3n) is 1.68. The van der Waals surface area contributed by atoms with Gasteiger partial charge in [-0.2, -0.15) is 4.98 Å². The Bertz CT molecular complexity index is 398. The fourth-order valence-corrected chi connectivity index (χ4v) is 1.15. The van der Waals surface area contributed by atoms with Crippen molar-refractivity contribution in [1.29, 1.82) is 0 Å². The Morgan fingerprint density at radius 1 is 1.67 bits per heavy atom. The molecule has 0 radical (unpaired) electrons. The summed E-state index contributed by atoms with van der Waals surface area (Å²) in [5.41, 5.74) is 4.55. The fraction of sp³-hybridized carbons (Fsp3) is 0.250. The molecule has 1 aromatic rings. The molecular formula is C8H7ClF2N2O2. The van der Waals surface area contributed by atoms with Crippen molar-refractivity contribution in [2.24, 2.45) is 0 Å². The predicted octanol–water partition coefficient (Wildman–Crippen LogP) is 1.99. The minimum atomic E-state index is -2.82. The van der Waals surface area contributed by atoms with Crippen molar-refractivity contribution in [3.05, 3.63) is 17.2 Å². The third kappa shape index (κ3) is 2.33. The average Bonchev–Trinajstić information content (AvgIpc) is 2.16. The van der Waals surface area contributed by atoms with Crippen molar-refractivity contribution >= 4 is 22.7 Å². The standard InChI is InChI=1S/C8H7ClF2N2O2/c1-15-8-4(6(10)11)2-3(5(9)14)7(12)13-8/h2,6H,1H3,(H2,12,13). The molecule has 15 heavy (non-hydrogen) atoms. The normalized spacial score (nSPS) is 10.5. The van der Waals surface area contributed by atoms with Crippen LogP contribution in [-0.4, -0.2) is 17.3 Å². The zero-order valence-corrected chi connectivity index (χ0v) is 8.39. The smallest absolute Gasteiger partial charge is 0.269 e. The maximum absolute atomic E-state index is 12.5. The number of carbonyl (C=O) groups is 1. The van der Waals surface area contributed by atoms with Crippen LogP contribution < -0.4 is 10.5 Å². The largest absolute Gasteiger partial charge is 0.481 e. The van der Waals surface area contributed by atoms with Gasteiger partial charge in [-0.25, -0.2) is 8.78 Å². The molecule has 0 bridgehead atoms. The van der Waals surface area contributed by atoms with E-state index in [1.165, 1.54) is 7.11 Å². The monoisotopic (exact) mass is 236 g/mol. The van der Waals surface area contributed by atoms with E-state index in [1.807, 2.05) is 0 Å². The summed E-state index contributed by atoms with van der Waals surface area (Å²) in [7, 11) is 1.18. The quantitative estimate of drug-likeness (QED) is 0.815. The highest BCUT2D eigenvalue weighted by molar-refractivity contribution is 6.68. The van der Waals surface area contributed by atoms with Gasteiger partial charge >= 0.3 is 0 Å². The van der Waals surface area contributed by atoms with Gasteiger partial charge in [-0.15, -0.1) is 0 Å². The second-order valence-corrected chi connectivity index (χ2v) is 2.94. The Morgan fingerprint density at radius 3 is 2.67 bits per heavy atom. The number of hydrogen-bond donors (Lipinski definition) is 1. The fourth-order valence-electron chi connectivity index (χ4n) is 1.00. The van der Waals surface area contributed by atoms with Crippen LogP contribution in [0.4, 0.5) is 14.6 Å². The van der Waals surface area contributed by atoms with Crippen LogP contribution in [0.25, 0.3) is 0 Å². The number of nitrogens with two attached hydrogens (primary N) is 1. The first-order valence-corrected chi connectivity index (χ1v) is 4.17. The van der Waals surface area contributed by atoms with E-state index in [9.17, 15) is 13.6 Å². The van der Waals surface area contributed by atoms with Gasteiger partial charge in [0.15, 0.2) is 0 Å². The molecule has 0 spiro atoms. The molecule has 0 unspecified atom stereocenters. The first-order valence-electron chi connectivity index (χ1n) is 3.79. The number of rotatable bonds is 3. The molecule has 0 aliphatic heterocycles. The summed E-state index contributed by atoms with van der Waals surface area (Å²) in [6.07, 6.45) is -2.82. The Morgan fingerprint density at radius 2 is 2.27 bits per heavy atom. The maximum atomic E-state index is 12.5. The van der Waals surface area contributed by atoms with E-state index in [2.05, 4.69) is 9.72 Å². The summed E-state index contributed by atoms with van der Waals surface area (Å²) in [6, 6.07) is 0.876. The first kappa shape index (κ1) is 11.6. The Kier molecular flexibility index (Phi) is 3.41. The SMILES string of the molecule is COc1nc(N)c(C(=O)Cl)cc1C(F)F. The summed E-state index contributed by atoms with van der Waals surface area (Å²) in [4.78, 5) is 14.3. The Labute approximate surface area is 89.0 Å². The summed E-state index contributed by atoms with van der Waals surface area (Å²) in [5.74, 6) is -0.555. The molecule has 0 amide bonds. The van der Waals surface area contributed by atoms with Crippen LogP contribution in [0.5, 0.6) is 5.88 Å². The molecule has 1 aromatic heterocycles. The van der Waals surface area contributed by atoms with Gasteiger partial charge in [0.05, 0.1) is 18.2 Å². The number of halogens is 3. The zero-order chi connectivity index (χ0) is 11.6. The van der Waals surface area contributed by atoms with Crippen LogP contribution in [0.1, 0.15) is 22.3 Å². The number of nitrogen functional groups attached to an aromatic ring is 1. The third-order valence-corrected chi connectivity index (χ3v) is 1.89. The Hall–Kier alpha value is -1.43. The average molecular weight is 237 g/mol. The van der Waals surface area contributed by atoms with Crippen LogP contribution in [-0.2, 0) is 0 Å². The molecule has 1 heterocycles. The molecule has 4 nitrogen and oxygen atoms in total. The number of nitrogens with zero attached hydrogens (tertiary/aromatic N) is 1. The van der Waals surface area contributed by atoms with E-state index >= 15 is 0 Å². The molecule has 1 rings (SSSR count). The molecule has 2 N–H and O–H groups in total. The Balaban J connectivity index is 3.37. The molecular weight excluding hydrogens is 230 g/mol. The summed E-state index contributed by atoms with van der Waals surface area (Å²) < 4.78 is 29.5. The van der Waals surface area contributed by atoms with Gasteiger partial charge in [0.2, 0.25) is 5.88 Å². The van der Waals surface area contributed by atoms with Gasteiger partial charge in [0.25, 0.3) is 11.7 Å². The van der Waals surface area contributed by atoms with E-state index in [4.69, 9.17) is 17.3 Å². The minimum Gasteiger partial charge on any atom is -0.481 e. The molecule has 0 aliphatic carbocycles. The van der Waals surface area contributed by atoms with Crippen molar-refractivity contribution < 1.29 is 18.3 Å². The van der Waals surface area contributed by atoms with E-state index < -0.39 is 17.2 Å². The lowest BCUT2D eigenvalue weighted by Gasteiger charge is -2.09. The number of ether oxygens (including phenoxy) is 1. The summed E-state index contributed by atoms with van der Waals surface area (Å²) in [5, 5.41) is -0.940. The van der Waals surface area contributed by atoms with Gasteiger partial charge in [-0.3, -0.25) is 4.79 Å². The van der Waals surface area contributed by atoms with Crippen LogP contribution in [0, 0.1) is 0 Å². The van der Waals surface area contributed by atoms with Crippen molar-refractivity contribution in [1.82, 2.24) is 4.98 Å². The van der Waals surface area contributed by atoms with E-state index in [0.717, 1.165) is 6.07 Å². The maximum Gasteiger partial charge on any atom is 0.269 e. The lowest BCUT2D eigenvalue weighted by Crippen LogP contribution is -2.05. The number of anilines is 1. The highest BCUT2D eigenvalue weighted by Gasteiger charge is 2.20. The molecule has 0 fully saturated rings. The van der Waals surface area contributed by atoms with Gasteiger partial charge in [-0.05, 0) is 17.7 Å². The van der Waals surface area contributed by atoms with Gasteiger partial charge < -0.3 is 10.5 Å². The molecule has 0 aromatic carbocycles. The zero-order valence-electron chi connectivity index (χ0n) is 7.63. The number of pyridine rings is 1. The molecule has 0 saturated heterocycles. The highest BCUT2D eigenvalue weighted by Crippen LogP contribution is 2.30. The lowest BCUT2D eigenvalue weighted by molar-refractivity contribution is 0.108. The first-order chi connectivity index (χ1) is 6.97. The molecule has 0 atom stereocenters. The molecule has 0 saturated carbocycles. The van der Waals surface area contributed by atoms with E-state index in [0.29, 0.717) is 0 Å². The summed E-state index contributed by atoms with van der Waals surface area (Å²) >= 11 is 5.14. The highest BCUT2D eigenvalue weighted by atomic mass is 35.5. The van der Waals surface area contributed by atoms with Crippen molar-refractivity contribution in [2.45, 2.75) is 6.43 Å². The molecule has 82 valence electrons. The second kappa shape index (κ2) is 4.39. The molecule has 7 heteroatoms. The van der Waals surface area contributed by atoms with Gasteiger partial charge in [0, 0.05) is 0 Å². The predicted molar refractivity (Wildman–Crippen MR) is 50.3 cm³/mol. The van der Waals surface area contributed by atoms with Crippen molar-refractivity contribution in [2.75, 3.05) is 12.8 Å². The van der Waals surface area contributed by atoms with Gasteiger partial charge in [0.1, 0.15) is 5.82 Å². The van der Waals surface area contributed by atoms with E-state index in [1.54, 1.807) is 0 Å². The number of aromatic nitrogens is 1. The van der Waals surface area contributed by atoms with Crippen LogP contribution in [0.15, 0.2) is 6.07 Å². The summed E-state index contributed by atoms with van der Waals surface area (Å²) in [6.45, 7) is 0. The van der Waals surface area contributed by atoms with Crippen molar-refractivity contribution in [3.63, 3.8) is 0 Å². The van der Waals surface area contributed by atoms with Gasteiger partial charge in [-0.1, -0.05) is 0 Å². The van der Waals surface area contributed by atoms with Crippen LogP contribution in [0.2, 0.25) is 0 Å². The van der Waals surface area contributed by atoms with Crippen LogP contribution >= 0.6 is 11.6 Å². The number of hydrogen-bond acceptors (Lipinski definition) is 4. The van der Waals surface area contributed by atoms with Crippen LogP contribution in [0.3, 0.4) is 0 Å². The molecule has 0 aliphatic rings. The number of carbonyl (C=O) groups excluding carboxylic acids is 1.